The number of amides is 2. The van der Waals surface area contributed by atoms with Crippen LogP contribution in [0.15, 0.2) is 66.7 Å². The highest BCUT2D eigenvalue weighted by Gasteiger charge is 2.43. The molecule has 2 saturated heterocycles. The number of halogens is 1. The molecule has 42 heavy (non-hydrogen) atoms. The topological polar surface area (TPSA) is 101 Å². The van der Waals surface area contributed by atoms with E-state index in [1.54, 1.807) is 28.8 Å². The van der Waals surface area contributed by atoms with Gasteiger partial charge in [-0.2, -0.15) is 0 Å². The molecule has 3 aromatic carbocycles. The van der Waals surface area contributed by atoms with Crippen LogP contribution in [-0.4, -0.2) is 64.0 Å². The maximum absolute atomic E-state index is 13.9. The molecule has 1 aromatic heterocycles. The molecule has 218 valence electrons. The number of carbonyl (C=O) groups is 2. The molecule has 0 saturated carbocycles. The highest BCUT2D eigenvalue weighted by molar-refractivity contribution is 5.90. The van der Waals surface area contributed by atoms with Gasteiger partial charge in [-0.15, -0.1) is 5.10 Å². The summed E-state index contributed by atoms with van der Waals surface area (Å²) in [7, 11) is 3.48. The number of carbonyl (C=O) groups excluding carboxylic acids is 2. The Labute approximate surface area is 244 Å². The maximum atomic E-state index is 13.9. The first-order chi connectivity index (χ1) is 20.4. The van der Waals surface area contributed by atoms with Gasteiger partial charge >= 0.3 is 0 Å². The largest absolute Gasteiger partial charge is 0.497 e. The molecule has 0 bridgehead atoms. The van der Waals surface area contributed by atoms with Crippen molar-refractivity contribution in [2.75, 3.05) is 20.2 Å². The van der Waals surface area contributed by atoms with E-state index in [9.17, 15) is 14.0 Å². The van der Waals surface area contributed by atoms with Crippen molar-refractivity contribution < 1.29 is 18.7 Å². The van der Waals surface area contributed by atoms with Gasteiger partial charge in [0.1, 0.15) is 23.1 Å². The van der Waals surface area contributed by atoms with Gasteiger partial charge in [-0.1, -0.05) is 35.5 Å². The molecular formula is C32H35FN6O3. The molecule has 6 rings (SSSR count). The normalized spacial score (nSPS) is 22.0. The summed E-state index contributed by atoms with van der Waals surface area (Å²) in [5.74, 6) is 0.555. The Morgan fingerprint density at radius 3 is 2.57 bits per heavy atom. The molecule has 0 spiro atoms. The van der Waals surface area contributed by atoms with Crippen molar-refractivity contribution in [3.8, 4) is 5.75 Å². The van der Waals surface area contributed by atoms with Crippen molar-refractivity contribution in [1.82, 2.24) is 30.5 Å². The number of nitrogens with zero attached hydrogens (tertiary/aromatic N) is 4. The third-order valence-electron chi connectivity index (χ3n) is 8.57. The van der Waals surface area contributed by atoms with E-state index in [4.69, 9.17) is 4.74 Å². The minimum Gasteiger partial charge on any atom is -0.497 e. The van der Waals surface area contributed by atoms with E-state index in [0.717, 1.165) is 39.9 Å². The van der Waals surface area contributed by atoms with Crippen molar-refractivity contribution in [2.45, 2.75) is 43.8 Å². The van der Waals surface area contributed by atoms with E-state index in [1.807, 2.05) is 49.5 Å². The van der Waals surface area contributed by atoms with Gasteiger partial charge in [0.05, 0.1) is 18.7 Å². The lowest BCUT2D eigenvalue weighted by molar-refractivity contribution is -0.139. The molecule has 2 aliphatic heterocycles. The van der Waals surface area contributed by atoms with Crippen molar-refractivity contribution in [1.29, 1.82) is 0 Å². The lowest BCUT2D eigenvalue weighted by Gasteiger charge is -2.27. The fourth-order valence-electron chi connectivity index (χ4n) is 6.27. The van der Waals surface area contributed by atoms with Crippen LogP contribution in [0.4, 0.5) is 4.39 Å². The number of rotatable bonds is 8. The van der Waals surface area contributed by atoms with Crippen LogP contribution >= 0.6 is 0 Å². The highest BCUT2D eigenvalue weighted by atomic mass is 19.1. The molecule has 4 aromatic rings. The number of benzene rings is 3. The Hall–Kier alpha value is -4.31. The quantitative estimate of drug-likeness (QED) is 0.337. The van der Waals surface area contributed by atoms with Crippen LogP contribution in [0.25, 0.3) is 11.0 Å². The van der Waals surface area contributed by atoms with Crippen molar-refractivity contribution >= 4 is 22.8 Å². The first-order valence-electron chi connectivity index (χ1n) is 14.4. The van der Waals surface area contributed by atoms with Gasteiger partial charge in [0, 0.05) is 26.7 Å². The molecule has 2 fully saturated rings. The zero-order valence-electron chi connectivity index (χ0n) is 23.8. The van der Waals surface area contributed by atoms with Crippen LogP contribution in [0.3, 0.4) is 0 Å². The molecule has 0 radical (unpaired) electrons. The van der Waals surface area contributed by atoms with Crippen molar-refractivity contribution in [3.63, 3.8) is 0 Å². The van der Waals surface area contributed by atoms with Gasteiger partial charge in [0.15, 0.2) is 0 Å². The minimum atomic E-state index is -0.562. The summed E-state index contributed by atoms with van der Waals surface area (Å²) in [5.41, 5.74) is 4.75. The smallest absolute Gasteiger partial charge is 0.243 e. The summed E-state index contributed by atoms with van der Waals surface area (Å²) in [6.45, 7) is 1.47. The van der Waals surface area contributed by atoms with E-state index in [1.165, 1.54) is 12.1 Å². The van der Waals surface area contributed by atoms with Gasteiger partial charge in [0.25, 0.3) is 0 Å². The molecule has 2 aliphatic rings. The number of hydrogen-bond donors (Lipinski definition) is 2. The number of aromatic nitrogens is 3. The lowest BCUT2D eigenvalue weighted by atomic mass is 9.96. The molecule has 2 amide bonds. The average Bonchev–Trinajstić information content (AvgIpc) is 3.75. The van der Waals surface area contributed by atoms with Gasteiger partial charge in [-0.05, 0) is 84.2 Å². The van der Waals surface area contributed by atoms with Gasteiger partial charge in [0.2, 0.25) is 11.8 Å². The second-order valence-electron chi connectivity index (χ2n) is 11.4. The Morgan fingerprint density at radius 2 is 1.81 bits per heavy atom. The van der Waals surface area contributed by atoms with E-state index in [0.29, 0.717) is 32.5 Å². The van der Waals surface area contributed by atoms with E-state index in [2.05, 4.69) is 20.9 Å². The number of ether oxygens (including phenoxy) is 1. The van der Waals surface area contributed by atoms with Crippen LogP contribution in [0, 0.1) is 11.7 Å². The zero-order valence-corrected chi connectivity index (χ0v) is 23.8. The predicted molar refractivity (Wildman–Crippen MR) is 156 cm³/mol. The lowest BCUT2D eigenvalue weighted by Crippen LogP contribution is -2.51. The van der Waals surface area contributed by atoms with E-state index < -0.39 is 12.1 Å². The summed E-state index contributed by atoms with van der Waals surface area (Å²) >= 11 is 0. The number of fused-ring (bicyclic) bond motifs is 1. The molecule has 9 nitrogen and oxygen atoms in total. The zero-order chi connectivity index (χ0) is 29.2. The number of likely N-dealkylation sites (tertiary alicyclic amines) is 1. The van der Waals surface area contributed by atoms with Crippen LogP contribution in [0.5, 0.6) is 5.75 Å². The molecule has 2 N–H and O–H groups in total. The SMILES string of the molecule is COc1ccc(C[C@@H]2C[C@@H](C(=O)NCc3ccc4c(c3)nnn4C)N(C(=O)[C@H]3CC(c4ccc(F)cc4)CN3)C2)cc1. The molecule has 0 aliphatic carbocycles. The Balaban J connectivity index is 1.16. The number of aryl methyl sites for hydroxylation is 1. The highest BCUT2D eigenvalue weighted by Crippen LogP contribution is 2.32. The molecule has 1 unspecified atom stereocenters. The standard InChI is InChI=1S/C32H35FN6O3/c1-38-29-12-5-21(14-27(29)36-37-38)17-35-31(40)30-15-22(13-20-3-10-26(42-2)11-4-20)19-39(30)32(41)28-16-24(18-34-28)23-6-8-25(33)9-7-23/h3-12,14,22,24,28,30,34H,13,15-19H2,1-2H3,(H,35,40)/t22-,24?,28-,30+/m1/s1. The fourth-order valence-corrected chi connectivity index (χ4v) is 6.27. The summed E-state index contributed by atoms with van der Waals surface area (Å²) in [6, 6.07) is 19.3. The van der Waals surface area contributed by atoms with Crippen LogP contribution in [0.1, 0.15) is 35.4 Å². The molecule has 4 atom stereocenters. The summed E-state index contributed by atoms with van der Waals surface area (Å²) < 4.78 is 20.4. The third-order valence-corrected chi connectivity index (χ3v) is 8.57. The minimum absolute atomic E-state index is 0.0574. The summed E-state index contributed by atoms with van der Waals surface area (Å²) in [4.78, 5) is 29.3. The fraction of sp³-hybridized carbons (Fsp3) is 0.375. The van der Waals surface area contributed by atoms with Gasteiger partial charge < -0.3 is 20.3 Å². The second-order valence-corrected chi connectivity index (χ2v) is 11.4. The average molecular weight is 571 g/mol. The van der Waals surface area contributed by atoms with Crippen molar-refractivity contribution in [2.24, 2.45) is 13.0 Å². The van der Waals surface area contributed by atoms with Gasteiger partial charge in [-0.25, -0.2) is 9.07 Å². The first-order valence-corrected chi connectivity index (χ1v) is 14.4. The third kappa shape index (κ3) is 5.85. The Morgan fingerprint density at radius 1 is 1.05 bits per heavy atom. The molecule has 10 heteroatoms. The van der Waals surface area contributed by atoms with Crippen LogP contribution in [0.2, 0.25) is 0 Å². The number of methoxy groups -OCH3 is 1. The maximum Gasteiger partial charge on any atom is 0.243 e. The summed E-state index contributed by atoms with van der Waals surface area (Å²) in [5, 5.41) is 14.6. The van der Waals surface area contributed by atoms with Gasteiger partial charge in [-0.3, -0.25) is 9.59 Å². The molecular weight excluding hydrogens is 535 g/mol. The van der Waals surface area contributed by atoms with Crippen molar-refractivity contribution in [3.05, 3.63) is 89.2 Å². The predicted octanol–water partition coefficient (Wildman–Crippen LogP) is 3.34. The van der Waals surface area contributed by atoms with E-state index in [-0.39, 0.29) is 29.5 Å². The second kappa shape index (κ2) is 11.9. The summed E-state index contributed by atoms with van der Waals surface area (Å²) in [6.07, 6.45) is 1.95. The monoisotopic (exact) mass is 570 g/mol. The number of nitrogens with one attached hydrogen (secondary N) is 2. The first kappa shape index (κ1) is 27.8. The Kier molecular flexibility index (Phi) is 7.88. The van der Waals surface area contributed by atoms with E-state index >= 15 is 0 Å². The Bertz CT molecular complexity index is 1570. The number of hydrogen-bond acceptors (Lipinski definition) is 6. The van der Waals surface area contributed by atoms with Crippen LogP contribution < -0.4 is 15.4 Å². The molecule has 3 heterocycles. The van der Waals surface area contributed by atoms with Crippen LogP contribution in [-0.2, 0) is 29.6 Å².